The second-order valence-electron chi connectivity index (χ2n) is 1.64. The van der Waals surface area contributed by atoms with Crippen molar-refractivity contribution in [2.24, 2.45) is 5.73 Å². The van der Waals surface area contributed by atoms with E-state index in [4.69, 9.17) is 16.2 Å². The molecule has 54 valence electrons. The van der Waals surface area contributed by atoms with Crippen molar-refractivity contribution in [3.8, 4) is 0 Å². The molecule has 0 fully saturated rings. The summed E-state index contributed by atoms with van der Waals surface area (Å²) in [6.45, 7) is -0.227. The molecule has 0 aromatic rings. The van der Waals surface area contributed by atoms with E-state index in [9.17, 15) is 4.79 Å². The van der Waals surface area contributed by atoms with E-state index in [0.717, 1.165) is 4.90 Å². The molecular formula is C4H10KN3O2. The molecule has 0 rings (SSSR count). The van der Waals surface area contributed by atoms with Crippen molar-refractivity contribution >= 4 is 63.3 Å². The molecule has 0 atom stereocenters. The second-order valence-corrected chi connectivity index (χ2v) is 1.64. The molecule has 0 spiro atoms. The summed E-state index contributed by atoms with van der Waals surface area (Å²) in [5, 5.41) is 14.9. The number of carboxylic acids is 1. The molecule has 6 heteroatoms. The predicted octanol–water partition coefficient (Wildman–Crippen LogP) is -1.75. The zero-order valence-electron chi connectivity index (χ0n) is 5.09. The Morgan fingerprint density at radius 1 is 1.80 bits per heavy atom. The van der Waals surface area contributed by atoms with Gasteiger partial charge in [0.2, 0.25) is 0 Å². The van der Waals surface area contributed by atoms with Crippen LogP contribution in [-0.2, 0) is 4.79 Å². The third-order valence-electron chi connectivity index (χ3n) is 0.784. The number of carbonyl (C=O) groups is 1. The molecule has 0 aromatic heterocycles. The topological polar surface area (TPSA) is 90.4 Å². The molecular weight excluding hydrogens is 161 g/mol. The zero-order chi connectivity index (χ0) is 7.44. The van der Waals surface area contributed by atoms with E-state index < -0.39 is 5.97 Å². The monoisotopic (exact) mass is 171 g/mol. The number of nitrogens with zero attached hydrogens (tertiary/aromatic N) is 1. The minimum atomic E-state index is -0.993. The Labute approximate surface area is 101 Å². The Morgan fingerprint density at radius 2 is 2.20 bits per heavy atom. The summed E-state index contributed by atoms with van der Waals surface area (Å²) in [7, 11) is 1.44. The third-order valence-corrected chi connectivity index (χ3v) is 0.784. The van der Waals surface area contributed by atoms with Gasteiger partial charge in [0.05, 0.1) is 0 Å². The maximum atomic E-state index is 9.92. The molecule has 0 aromatic carbocycles. The molecule has 0 bridgehead atoms. The van der Waals surface area contributed by atoms with Crippen molar-refractivity contribution in [2.45, 2.75) is 0 Å². The SMILES string of the molecule is CN(CC(=O)O)C(=N)N.[KH]. The molecule has 5 nitrogen and oxygen atoms in total. The van der Waals surface area contributed by atoms with E-state index in [0.29, 0.717) is 0 Å². The Balaban J connectivity index is 0. The Morgan fingerprint density at radius 3 is 2.30 bits per heavy atom. The van der Waals surface area contributed by atoms with E-state index in [2.05, 4.69) is 0 Å². The average Bonchev–Trinajstić information content (AvgIpc) is 1.63. The summed E-state index contributed by atoms with van der Waals surface area (Å²) in [6, 6.07) is 0. The van der Waals surface area contributed by atoms with Crippen molar-refractivity contribution in [3.63, 3.8) is 0 Å². The van der Waals surface area contributed by atoms with Crippen LogP contribution in [0.2, 0.25) is 0 Å². The first kappa shape index (κ1) is 13.0. The Bertz CT molecular complexity index is 138. The Hall–Kier alpha value is 0.376. The fourth-order valence-electron chi connectivity index (χ4n) is 0.288. The van der Waals surface area contributed by atoms with Gasteiger partial charge in [-0.3, -0.25) is 10.2 Å². The molecule has 0 radical (unpaired) electrons. The van der Waals surface area contributed by atoms with Gasteiger partial charge in [0, 0.05) is 7.05 Å². The van der Waals surface area contributed by atoms with Crippen LogP contribution in [0.25, 0.3) is 0 Å². The van der Waals surface area contributed by atoms with Crippen molar-refractivity contribution in [1.29, 1.82) is 5.41 Å². The number of hydrogen-bond donors (Lipinski definition) is 3. The van der Waals surface area contributed by atoms with Gasteiger partial charge in [-0.05, 0) is 0 Å². The molecule has 0 heterocycles. The van der Waals surface area contributed by atoms with E-state index in [-0.39, 0.29) is 63.9 Å². The van der Waals surface area contributed by atoms with Crippen LogP contribution < -0.4 is 5.73 Å². The number of rotatable bonds is 2. The molecule has 0 unspecified atom stereocenters. The van der Waals surface area contributed by atoms with Crippen LogP contribution >= 0.6 is 0 Å². The minimum absolute atomic E-state index is 0. The van der Waals surface area contributed by atoms with Crippen LogP contribution in [-0.4, -0.2) is 86.9 Å². The normalized spacial score (nSPS) is 7.70. The molecule has 0 saturated heterocycles. The van der Waals surface area contributed by atoms with E-state index in [1.807, 2.05) is 0 Å². The van der Waals surface area contributed by atoms with Crippen LogP contribution in [0, 0.1) is 5.41 Å². The fourth-order valence-corrected chi connectivity index (χ4v) is 0.288. The quantitative estimate of drug-likeness (QED) is 0.261. The van der Waals surface area contributed by atoms with Gasteiger partial charge in [0.1, 0.15) is 6.54 Å². The summed E-state index contributed by atoms with van der Waals surface area (Å²) in [5.41, 5.74) is 4.93. The van der Waals surface area contributed by atoms with Crippen molar-refractivity contribution < 1.29 is 9.90 Å². The summed E-state index contributed by atoms with van der Waals surface area (Å²) in [4.78, 5) is 11.0. The molecule has 0 amide bonds. The van der Waals surface area contributed by atoms with E-state index in [1.165, 1.54) is 7.05 Å². The van der Waals surface area contributed by atoms with Crippen LogP contribution in [0.4, 0.5) is 0 Å². The number of likely N-dealkylation sites (N-methyl/N-ethyl adjacent to an activating group) is 1. The summed E-state index contributed by atoms with van der Waals surface area (Å²) in [5.74, 6) is -1.23. The number of carboxylic acid groups (broad SMARTS) is 1. The first-order valence-electron chi connectivity index (χ1n) is 2.31. The molecule has 0 aliphatic carbocycles. The van der Waals surface area contributed by atoms with Gasteiger partial charge in [0.25, 0.3) is 0 Å². The summed E-state index contributed by atoms with van der Waals surface area (Å²) >= 11 is 0. The van der Waals surface area contributed by atoms with Gasteiger partial charge in [0.15, 0.2) is 5.96 Å². The summed E-state index contributed by atoms with van der Waals surface area (Å²) < 4.78 is 0. The third kappa shape index (κ3) is 6.50. The van der Waals surface area contributed by atoms with E-state index in [1.54, 1.807) is 0 Å². The van der Waals surface area contributed by atoms with Crippen molar-refractivity contribution in [3.05, 3.63) is 0 Å². The number of nitrogens with one attached hydrogen (secondary N) is 1. The average molecular weight is 171 g/mol. The van der Waals surface area contributed by atoms with Gasteiger partial charge in [-0.2, -0.15) is 0 Å². The first-order valence-corrected chi connectivity index (χ1v) is 2.31. The molecule has 0 saturated carbocycles. The molecule has 0 aliphatic heterocycles. The van der Waals surface area contributed by atoms with Gasteiger partial charge in [-0.1, -0.05) is 0 Å². The summed E-state index contributed by atoms with van der Waals surface area (Å²) in [6.07, 6.45) is 0. The van der Waals surface area contributed by atoms with Crippen LogP contribution in [0.15, 0.2) is 0 Å². The predicted molar refractivity (Wildman–Crippen MR) is 39.3 cm³/mol. The standard InChI is InChI=1S/C4H9N3O2.K.H/c1-7(4(5)6)2-3(8)9;;/h2H2,1H3,(H3,5,6)(H,8,9);;. The van der Waals surface area contributed by atoms with E-state index >= 15 is 0 Å². The number of nitrogens with two attached hydrogens (primary N) is 1. The second kappa shape index (κ2) is 6.11. The molecule has 0 aliphatic rings. The van der Waals surface area contributed by atoms with Crippen LogP contribution in [0.3, 0.4) is 0 Å². The van der Waals surface area contributed by atoms with Crippen LogP contribution in [0.1, 0.15) is 0 Å². The van der Waals surface area contributed by atoms with Gasteiger partial charge in [-0.25, -0.2) is 0 Å². The number of aliphatic carboxylic acids is 1. The zero-order valence-corrected chi connectivity index (χ0v) is 5.09. The fraction of sp³-hybridized carbons (Fsp3) is 0.500. The van der Waals surface area contributed by atoms with Crippen LogP contribution in [0.5, 0.6) is 0 Å². The van der Waals surface area contributed by atoms with Gasteiger partial charge < -0.3 is 15.7 Å². The van der Waals surface area contributed by atoms with Crippen molar-refractivity contribution in [1.82, 2.24) is 4.90 Å². The number of hydrogen-bond acceptors (Lipinski definition) is 2. The molecule has 10 heavy (non-hydrogen) atoms. The van der Waals surface area contributed by atoms with Gasteiger partial charge in [-0.15, -0.1) is 0 Å². The number of guanidine groups is 1. The molecule has 4 N–H and O–H groups in total. The maximum absolute atomic E-state index is 9.92. The Kier molecular flexibility index (Phi) is 7.94. The van der Waals surface area contributed by atoms with Crippen molar-refractivity contribution in [2.75, 3.05) is 13.6 Å². The first-order chi connectivity index (χ1) is 4.04. The van der Waals surface area contributed by atoms with Gasteiger partial charge >= 0.3 is 57.4 Å².